The number of nitrogens with one attached hydrogen (secondary N) is 2. The molecule has 3 saturated carbocycles. The van der Waals surface area contributed by atoms with Gasteiger partial charge in [0.15, 0.2) is 6.61 Å². The Labute approximate surface area is 219 Å². The molecule has 7 atom stereocenters. The van der Waals surface area contributed by atoms with Crippen molar-refractivity contribution in [1.29, 1.82) is 0 Å². The summed E-state index contributed by atoms with van der Waals surface area (Å²) in [7, 11) is 0. The number of aliphatic hydroxyl groups excluding tert-OH is 1. The second-order valence-electron chi connectivity index (χ2n) is 12.4. The number of carbonyl (C=O) groups is 3. The number of aliphatic hydroxyl groups is 1. The van der Waals surface area contributed by atoms with Gasteiger partial charge in [-0.1, -0.05) is 38.4 Å². The lowest BCUT2D eigenvalue weighted by molar-refractivity contribution is -0.143. The van der Waals surface area contributed by atoms with Crippen molar-refractivity contribution in [2.24, 2.45) is 39.7 Å². The van der Waals surface area contributed by atoms with Gasteiger partial charge in [-0.3, -0.25) is 9.59 Å². The van der Waals surface area contributed by atoms with Crippen LogP contribution in [0.4, 0.5) is 0 Å². The van der Waals surface area contributed by atoms with E-state index in [0.29, 0.717) is 17.8 Å². The highest BCUT2D eigenvalue weighted by Gasteiger charge is 2.58. The maximum Gasteiger partial charge on any atom is 0.326 e. The van der Waals surface area contributed by atoms with E-state index in [1.807, 2.05) is 0 Å². The Kier molecular flexibility index (Phi) is 8.02. The zero-order valence-corrected chi connectivity index (χ0v) is 22.6. The summed E-state index contributed by atoms with van der Waals surface area (Å²) < 4.78 is 0. The molecule has 4 unspecified atom stereocenters. The standard InChI is InChI=1S/C28H43N3O6/c1-16(2)25(26(35)36)30-23(33)14-29-24(34)15-37-31-18-9-11-27(3)17(13-18)5-6-19-20-7-8-22(32)28(20,4)12-10-21(19)27/h13,16,19-22,25,32H,5-12,14-15H2,1-4H3,(H,29,34)(H,30,33)(H,35,36)/b31-18-/t19?,20?,21?,22-,25?,27+,28+/m1/s1. The van der Waals surface area contributed by atoms with Crippen LogP contribution in [0.3, 0.4) is 0 Å². The topological polar surface area (TPSA) is 137 Å². The van der Waals surface area contributed by atoms with Crippen LogP contribution >= 0.6 is 0 Å². The Morgan fingerprint density at radius 1 is 1.08 bits per heavy atom. The molecule has 0 saturated heterocycles. The van der Waals surface area contributed by atoms with Crippen LogP contribution in [-0.4, -0.2) is 59.0 Å². The van der Waals surface area contributed by atoms with Crippen molar-refractivity contribution in [3.8, 4) is 0 Å². The Balaban J connectivity index is 1.28. The number of carbonyl (C=O) groups excluding carboxylic acids is 2. The Bertz CT molecular complexity index is 977. The van der Waals surface area contributed by atoms with Crippen molar-refractivity contribution in [2.75, 3.05) is 13.2 Å². The van der Waals surface area contributed by atoms with Crippen LogP contribution in [0.5, 0.6) is 0 Å². The van der Waals surface area contributed by atoms with E-state index in [1.54, 1.807) is 13.8 Å². The molecule has 4 rings (SSSR count). The number of hydrogen-bond acceptors (Lipinski definition) is 6. The SMILES string of the molecule is CC(C)C(NC(=O)CNC(=O)CO/N=C1\C=C2CCC3C(CC[C@@]4(C)C3CC[C@H]4O)[C@@]2(C)CC1)C(=O)O. The highest BCUT2D eigenvalue weighted by molar-refractivity contribution is 5.96. The molecule has 0 spiro atoms. The lowest BCUT2D eigenvalue weighted by Crippen LogP contribution is -2.51. The van der Waals surface area contributed by atoms with E-state index in [2.05, 4.69) is 35.7 Å². The number of aliphatic carboxylic acids is 1. The maximum absolute atomic E-state index is 12.1. The summed E-state index contributed by atoms with van der Waals surface area (Å²) in [5.74, 6) is -0.492. The molecule has 4 aliphatic rings. The molecule has 37 heavy (non-hydrogen) atoms. The van der Waals surface area contributed by atoms with Crippen molar-refractivity contribution in [1.82, 2.24) is 10.6 Å². The summed E-state index contributed by atoms with van der Waals surface area (Å²) in [6.45, 7) is 7.49. The first-order valence-corrected chi connectivity index (χ1v) is 13.8. The smallest absolute Gasteiger partial charge is 0.326 e. The molecule has 9 heteroatoms. The summed E-state index contributed by atoms with van der Waals surface area (Å²) in [6.07, 6.45) is 10.4. The fourth-order valence-corrected chi connectivity index (χ4v) is 7.76. The number of hydrogen-bond donors (Lipinski definition) is 4. The van der Waals surface area contributed by atoms with Crippen molar-refractivity contribution in [3.63, 3.8) is 0 Å². The van der Waals surface area contributed by atoms with E-state index in [4.69, 9.17) is 9.94 Å². The normalized spacial score (nSPS) is 36.6. The molecular formula is C28H43N3O6. The van der Waals surface area contributed by atoms with Crippen LogP contribution in [0, 0.1) is 34.5 Å². The number of rotatable bonds is 8. The number of allylic oxidation sites excluding steroid dienone is 2. The number of amides is 2. The number of fused-ring (bicyclic) bond motifs is 5. The molecule has 3 fully saturated rings. The number of carboxylic acid groups (broad SMARTS) is 1. The van der Waals surface area contributed by atoms with Gasteiger partial charge in [0.25, 0.3) is 5.91 Å². The van der Waals surface area contributed by atoms with Crippen LogP contribution in [0.15, 0.2) is 16.8 Å². The number of carboxylic acids is 1. The zero-order chi connectivity index (χ0) is 27.0. The van der Waals surface area contributed by atoms with Gasteiger partial charge in [-0.05, 0) is 91.9 Å². The second kappa shape index (κ2) is 10.8. The minimum absolute atomic E-state index is 0.0848. The fourth-order valence-electron chi connectivity index (χ4n) is 7.76. The quantitative estimate of drug-likeness (QED) is 0.365. The van der Waals surface area contributed by atoms with Crippen LogP contribution in [0.2, 0.25) is 0 Å². The minimum atomic E-state index is -1.11. The molecule has 0 aromatic carbocycles. The van der Waals surface area contributed by atoms with Gasteiger partial charge in [0, 0.05) is 0 Å². The predicted molar refractivity (Wildman–Crippen MR) is 139 cm³/mol. The van der Waals surface area contributed by atoms with Crippen molar-refractivity contribution < 1.29 is 29.4 Å². The molecule has 9 nitrogen and oxygen atoms in total. The van der Waals surface area contributed by atoms with Crippen molar-refractivity contribution in [3.05, 3.63) is 11.6 Å². The third-order valence-electron chi connectivity index (χ3n) is 10.0. The molecule has 4 N–H and O–H groups in total. The molecule has 0 aromatic rings. The third kappa shape index (κ3) is 5.42. The summed E-state index contributed by atoms with van der Waals surface area (Å²) in [6, 6.07) is -1.00. The maximum atomic E-state index is 12.1. The van der Waals surface area contributed by atoms with Gasteiger partial charge < -0.3 is 25.7 Å². The number of oxime groups is 1. The molecule has 0 aromatic heterocycles. The van der Waals surface area contributed by atoms with E-state index < -0.39 is 23.8 Å². The number of nitrogens with zero attached hydrogens (tertiary/aromatic N) is 1. The Hall–Kier alpha value is -2.42. The summed E-state index contributed by atoms with van der Waals surface area (Å²) in [5, 5.41) is 28.9. The van der Waals surface area contributed by atoms with Gasteiger partial charge in [-0.25, -0.2) is 4.79 Å². The Morgan fingerprint density at radius 3 is 2.54 bits per heavy atom. The molecular weight excluding hydrogens is 474 g/mol. The van der Waals surface area contributed by atoms with Crippen LogP contribution < -0.4 is 10.6 Å². The minimum Gasteiger partial charge on any atom is -0.480 e. The first-order chi connectivity index (χ1) is 17.5. The van der Waals surface area contributed by atoms with Crippen LogP contribution in [-0.2, 0) is 19.2 Å². The summed E-state index contributed by atoms with van der Waals surface area (Å²) >= 11 is 0. The predicted octanol–water partition coefficient (Wildman–Crippen LogP) is 3.02. The van der Waals surface area contributed by atoms with Gasteiger partial charge in [-0.15, -0.1) is 0 Å². The van der Waals surface area contributed by atoms with E-state index >= 15 is 0 Å². The molecule has 0 radical (unpaired) electrons. The van der Waals surface area contributed by atoms with Gasteiger partial charge in [0.05, 0.1) is 18.4 Å². The van der Waals surface area contributed by atoms with E-state index in [9.17, 15) is 19.5 Å². The lowest BCUT2D eigenvalue weighted by Gasteiger charge is -2.57. The monoisotopic (exact) mass is 517 g/mol. The first-order valence-electron chi connectivity index (χ1n) is 13.8. The second-order valence-corrected chi connectivity index (χ2v) is 12.4. The third-order valence-corrected chi connectivity index (χ3v) is 10.0. The first kappa shape index (κ1) is 27.6. The molecule has 2 amide bonds. The van der Waals surface area contributed by atoms with Crippen molar-refractivity contribution >= 4 is 23.5 Å². The van der Waals surface area contributed by atoms with Gasteiger partial charge >= 0.3 is 5.97 Å². The summed E-state index contributed by atoms with van der Waals surface area (Å²) in [5.41, 5.74) is 2.52. The summed E-state index contributed by atoms with van der Waals surface area (Å²) in [4.78, 5) is 40.6. The molecule has 0 bridgehead atoms. The highest BCUT2D eigenvalue weighted by atomic mass is 16.6. The van der Waals surface area contributed by atoms with Gasteiger partial charge in [-0.2, -0.15) is 0 Å². The van der Waals surface area contributed by atoms with E-state index in [1.165, 1.54) is 12.0 Å². The van der Waals surface area contributed by atoms with E-state index in [0.717, 1.165) is 50.7 Å². The van der Waals surface area contributed by atoms with Crippen molar-refractivity contribution in [2.45, 2.75) is 91.2 Å². The molecule has 206 valence electrons. The van der Waals surface area contributed by atoms with Gasteiger partial charge in [0.1, 0.15) is 6.04 Å². The molecule has 0 heterocycles. The molecule has 4 aliphatic carbocycles. The highest BCUT2D eigenvalue weighted by Crippen LogP contribution is 2.65. The average molecular weight is 518 g/mol. The fraction of sp³-hybridized carbons (Fsp3) is 0.786. The van der Waals surface area contributed by atoms with Crippen LogP contribution in [0.25, 0.3) is 0 Å². The van der Waals surface area contributed by atoms with Gasteiger partial charge in [0.2, 0.25) is 5.91 Å². The van der Waals surface area contributed by atoms with Crippen LogP contribution in [0.1, 0.15) is 79.1 Å². The average Bonchev–Trinajstić information content (AvgIpc) is 3.15. The zero-order valence-electron chi connectivity index (χ0n) is 22.6. The van der Waals surface area contributed by atoms with E-state index in [-0.39, 0.29) is 36.0 Å². The molecule has 0 aliphatic heterocycles. The largest absolute Gasteiger partial charge is 0.480 e. The lowest BCUT2D eigenvalue weighted by atomic mass is 9.47. The Morgan fingerprint density at radius 2 is 1.84 bits per heavy atom.